The van der Waals surface area contributed by atoms with Crippen molar-refractivity contribution in [2.45, 2.75) is 31.9 Å². The summed E-state index contributed by atoms with van der Waals surface area (Å²) in [5.74, 6) is -0.0106. The fourth-order valence-electron chi connectivity index (χ4n) is 2.01. The topological polar surface area (TPSA) is 58.4 Å². The number of amides is 1. The van der Waals surface area contributed by atoms with Gasteiger partial charge in [0.05, 0.1) is 28.5 Å². The van der Waals surface area contributed by atoms with E-state index in [0.717, 1.165) is 3.57 Å². The van der Waals surface area contributed by atoms with Gasteiger partial charge in [0.1, 0.15) is 5.54 Å². The SMILES string of the molecule is CC1(O)CN(C(=O)C(C)(C)n2cc(I)cn2)C1. The first-order chi connectivity index (χ1) is 7.72. The number of β-amino-alcohol motifs (C(OH)–C–C–N with tert-alkyl or cyclic N) is 1. The number of nitrogens with zero attached hydrogens (tertiary/aromatic N) is 3. The standard InChI is InChI=1S/C11H16IN3O2/c1-10(2,15-5-8(12)4-13-15)9(16)14-6-11(3,17)7-14/h4-5,17H,6-7H2,1-3H3. The Hall–Kier alpha value is -0.630. The Morgan fingerprint density at radius 1 is 1.59 bits per heavy atom. The van der Waals surface area contributed by atoms with Crippen LogP contribution in [0.15, 0.2) is 12.4 Å². The zero-order chi connectivity index (χ0) is 12.8. The fourth-order valence-corrected chi connectivity index (χ4v) is 2.40. The number of hydrogen-bond donors (Lipinski definition) is 1. The van der Waals surface area contributed by atoms with Crippen LogP contribution in [0.3, 0.4) is 0 Å². The molecule has 0 aliphatic carbocycles. The summed E-state index contributed by atoms with van der Waals surface area (Å²) in [4.78, 5) is 14.0. The van der Waals surface area contributed by atoms with Gasteiger partial charge >= 0.3 is 0 Å². The van der Waals surface area contributed by atoms with Crippen molar-refractivity contribution in [3.05, 3.63) is 16.0 Å². The third-order valence-electron chi connectivity index (χ3n) is 3.00. The summed E-state index contributed by atoms with van der Waals surface area (Å²) in [7, 11) is 0. The molecule has 0 atom stereocenters. The number of hydrogen-bond acceptors (Lipinski definition) is 3. The number of carbonyl (C=O) groups is 1. The Balaban J connectivity index is 2.14. The molecular formula is C11H16IN3O2. The summed E-state index contributed by atoms with van der Waals surface area (Å²) in [5.41, 5.74) is -1.44. The van der Waals surface area contributed by atoms with E-state index in [1.165, 1.54) is 0 Å². The van der Waals surface area contributed by atoms with Gasteiger partial charge in [0.25, 0.3) is 0 Å². The molecule has 1 N–H and O–H groups in total. The number of aromatic nitrogens is 2. The first-order valence-corrected chi connectivity index (χ1v) is 6.53. The maximum Gasteiger partial charge on any atom is 0.250 e. The summed E-state index contributed by atoms with van der Waals surface area (Å²) in [6.45, 7) is 6.21. The third kappa shape index (κ3) is 2.33. The smallest absolute Gasteiger partial charge is 0.250 e. The predicted molar refractivity (Wildman–Crippen MR) is 71.5 cm³/mol. The quantitative estimate of drug-likeness (QED) is 0.805. The lowest BCUT2D eigenvalue weighted by Crippen LogP contribution is -2.65. The molecule has 17 heavy (non-hydrogen) atoms. The molecule has 0 unspecified atom stereocenters. The minimum Gasteiger partial charge on any atom is -0.386 e. The van der Waals surface area contributed by atoms with Gasteiger partial charge in [-0.15, -0.1) is 0 Å². The van der Waals surface area contributed by atoms with Gasteiger partial charge in [-0.05, 0) is 43.4 Å². The summed E-state index contributed by atoms with van der Waals surface area (Å²) in [5, 5.41) is 13.8. The molecule has 1 fully saturated rings. The van der Waals surface area contributed by atoms with Crippen LogP contribution in [0.2, 0.25) is 0 Å². The van der Waals surface area contributed by atoms with Crippen molar-refractivity contribution in [3.8, 4) is 0 Å². The van der Waals surface area contributed by atoms with E-state index < -0.39 is 11.1 Å². The monoisotopic (exact) mass is 349 g/mol. The van der Waals surface area contributed by atoms with Gasteiger partial charge in [-0.1, -0.05) is 0 Å². The van der Waals surface area contributed by atoms with E-state index in [1.807, 2.05) is 20.0 Å². The molecule has 5 nitrogen and oxygen atoms in total. The van der Waals surface area contributed by atoms with E-state index in [0.29, 0.717) is 13.1 Å². The highest BCUT2D eigenvalue weighted by Crippen LogP contribution is 2.26. The summed E-state index contributed by atoms with van der Waals surface area (Å²) in [6, 6.07) is 0. The van der Waals surface area contributed by atoms with Crippen molar-refractivity contribution in [3.63, 3.8) is 0 Å². The first kappa shape index (κ1) is 12.8. The number of likely N-dealkylation sites (tertiary alicyclic amines) is 1. The minimum absolute atomic E-state index is 0.0106. The molecule has 2 rings (SSSR count). The van der Waals surface area contributed by atoms with Gasteiger partial charge in [-0.3, -0.25) is 9.48 Å². The molecule has 1 aliphatic rings. The van der Waals surface area contributed by atoms with E-state index in [1.54, 1.807) is 22.7 Å². The van der Waals surface area contributed by atoms with Crippen molar-refractivity contribution in [1.29, 1.82) is 0 Å². The fraction of sp³-hybridized carbons (Fsp3) is 0.636. The molecule has 1 amide bonds. The molecule has 1 saturated heterocycles. The molecular weight excluding hydrogens is 333 g/mol. The average molecular weight is 349 g/mol. The van der Waals surface area contributed by atoms with Crippen molar-refractivity contribution in [2.24, 2.45) is 0 Å². The van der Waals surface area contributed by atoms with Gasteiger partial charge in [-0.25, -0.2) is 0 Å². The van der Waals surface area contributed by atoms with Gasteiger partial charge in [0, 0.05) is 6.20 Å². The predicted octanol–water partition coefficient (Wildman–Crippen LogP) is 0.816. The largest absolute Gasteiger partial charge is 0.386 e. The lowest BCUT2D eigenvalue weighted by molar-refractivity contribution is -0.160. The molecule has 0 spiro atoms. The molecule has 94 valence electrons. The highest BCUT2D eigenvalue weighted by molar-refractivity contribution is 14.1. The lowest BCUT2D eigenvalue weighted by Gasteiger charge is -2.46. The number of halogens is 1. The maximum absolute atomic E-state index is 12.3. The second kappa shape index (κ2) is 3.94. The van der Waals surface area contributed by atoms with Crippen LogP contribution in [0.5, 0.6) is 0 Å². The number of aliphatic hydroxyl groups is 1. The van der Waals surface area contributed by atoms with Gasteiger partial charge in [-0.2, -0.15) is 5.10 Å². The number of carbonyl (C=O) groups excluding carboxylic acids is 1. The van der Waals surface area contributed by atoms with Gasteiger partial charge < -0.3 is 10.0 Å². The molecule has 0 radical (unpaired) electrons. The van der Waals surface area contributed by atoms with Crippen molar-refractivity contribution in [1.82, 2.24) is 14.7 Å². The molecule has 0 bridgehead atoms. The van der Waals surface area contributed by atoms with Crippen molar-refractivity contribution in [2.75, 3.05) is 13.1 Å². The van der Waals surface area contributed by atoms with Crippen LogP contribution in [0.4, 0.5) is 0 Å². The summed E-state index contributed by atoms with van der Waals surface area (Å²) in [6.07, 6.45) is 3.57. The van der Waals surface area contributed by atoms with Crippen LogP contribution >= 0.6 is 22.6 Å². The molecule has 1 aromatic rings. The van der Waals surface area contributed by atoms with E-state index in [9.17, 15) is 9.90 Å². The Morgan fingerprint density at radius 3 is 2.59 bits per heavy atom. The molecule has 6 heteroatoms. The van der Waals surface area contributed by atoms with Crippen LogP contribution < -0.4 is 0 Å². The van der Waals surface area contributed by atoms with Crippen LogP contribution in [-0.2, 0) is 10.3 Å². The van der Waals surface area contributed by atoms with Crippen molar-refractivity contribution < 1.29 is 9.90 Å². The summed E-state index contributed by atoms with van der Waals surface area (Å²) >= 11 is 2.16. The van der Waals surface area contributed by atoms with E-state index in [2.05, 4.69) is 27.7 Å². The molecule has 0 aromatic carbocycles. The van der Waals surface area contributed by atoms with E-state index >= 15 is 0 Å². The molecule has 0 saturated carbocycles. The minimum atomic E-state index is -0.732. The molecule has 2 heterocycles. The summed E-state index contributed by atoms with van der Waals surface area (Å²) < 4.78 is 2.67. The van der Waals surface area contributed by atoms with Crippen LogP contribution in [0, 0.1) is 3.57 Å². The third-order valence-corrected chi connectivity index (χ3v) is 3.55. The maximum atomic E-state index is 12.3. The molecule has 1 aliphatic heterocycles. The zero-order valence-corrected chi connectivity index (χ0v) is 12.3. The highest BCUT2D eigenvalue weighted by atomic mass is 127. The van der Waals surface area contributed by atoms with E-state index in [-0.39, 0.29) is 5.91 Å². The lowest BCUT2D eigenvalue weighted by atomic mass is 9.93. The van der Waals surface area contributed by atoms with E-state index in [4.69, 9.17) is 0 Å². The highest BCUT2D eigenvalue weighted by Gasteiger charge is 2.45. The zero-order valence-electron chi connectivity index (χ0n) is 10.1. The normalized spacial score (nSPS) is 19.0. The Morgan fingerprint density at radius 2 is 2.18 bits per heavy atom. The van der Waals surface area contributed by atoms with Crippen LogP contribution in [0.1, 0.15) is 20.8 Å². The second-order valence-corrected chi connectivity index (χ2v) is 6.57. The van der Waals surface area contributed by atoms with Gasteiger partial charge in [0.15, 0.2) is 0 Å². The van der Waals surface area contributed by atoms with Crippen LogP contribution in [-0.4, -0.2) is 44.4 Å². The Bertz CT molecular complexity index is 445. The van der Waals surface area contributed by atoms with Crippen LogP contribution in [0.25, 0.3) is 0 Å². The first-order valence-electron chi connectivity index (χ1n) is 5.45. The average Bonchev–Trinajstić information content (AvgIpc) is 2.60. The van der Waals surface area contributed by atoms with Crippen molar-refractivity contribution >= 4 is 28.5 Å². The Labute approximate surface area is 114 Å². The van der Waals surface area contributed by atoms with Gasteiger partial charge in [0.2, 0.25) is 5.91 Å². The number of rotatable bonds is 2. The second-order valence-electron chi connectivity index (χ2n) is 5.32. The Kier molecular flexibility index (Phi) is 2.97. The molecule has 1 aromatic heterocycles.